The Hall–Kier alpha value is -0.300. The maximum atomic E-state index is 10.9. The number of hydrogen-bond acceptors (Lipinski definition) is 1. The molecule has 0 amide bonds. The van der Waals surface area contributed by atoms with Gasteiger partial charge in [-0.2, -0.15) is 0 Å². The van der Waals surface area contributed by atoms with Gasteiger partial charge in [-0.25, -0.2) is 0 Å². The van der Waals surface area contributed by atoms with Crippen LogP contribution >= 0.6 is 0 Å². The molecule has 10 unspecified atom stereocenters. The standard InChI is InChI=1S/C29H48O/c1-18(2)19-11-14-26(5)17-29(8)20(24(19)26)9-10-22-27(6)15-13-23(30)25(3,4)21(27)12-16-28(22,29)7/h19-24,30H,1,9-17H2,2-8H3. The summed E-state index contributed by atoms with van der Waals surface area (Å²) in [6.45, 7) is 22.2. The first-order valence-electron chi connectivity index (χ1n) is 13.1. The second-order valence-corrected chi connectivity index (χ2v) is 14.4. The molecule has 30 heavy (non-hydrogen) atoms. The van der Waals surface area contributed by atoms with Gasteiger partial charge in [0.25, 0.3) is 0 Å². The Morgan fingerprint density at radius 1 is 0.800 bits per heavy atom. The van der Waals surface area contributed by atoms with E-state index >= 15 is 0 Å². The Bertz CT molecular complexity index is 751. The van der Waals surface area contributed by atoms with E-state index in [0.29, 0.717) is 27.6 Å². The quantitative estimate of drug-likeness (QED) is 0.439. The van der Waals surface area contributed by atoms with Crippen LogP contribution < -0.4 is 0 Å². The Labute approximate surface area is 186 Å². The first-order valence-corrected chi connectivity index (χ1v) is 13.1. The highest BCUT2D eigenvalue weighted by Gasteiger charge is 2.72. The molecule has 0 aromatic carbocycles. The molecule has 170 valence electrons. The van der Waals surface area contributed by atoms with Crippen LogP contribution in [0.15, 0.2) is 12.2 Å². The van der Waals surface area contributed by atoms with Crippen molar-refractivity contribution in [2.45, 2.75) is 112 Å². The lowest BCUT2D eigenvalue weighted by atomic mass is 9.35. The van der Waals surface area contributed by atoms with Crippen molar-refractivity contribution in [3.05, 3.63) is 12.2 Å². The number of aliphatic hydroxyl groups excluding tert-OH is 1. The van der Waals surface area contributed by atoms with Crippen molar-refractivity contribution in [1.82, 2.24) is 0 Å². The largest absolute Gasteiger partial charge is 0.393 e. The van der Waals surface area contributed by atoms with Gasteiger partial charge in [0, 0.05) is 0 Å². The molecule has 1 heteroatoms. The van der Waals surface area contributed by atoms with Crippen LogP contribution in [0.5, 0.6) is 0 Å². The van der Waals surface area contributed by atoms with E-state index < -0.39 is 0 Å². The van der Waals surface area contributed by atoms with Gasteiger partial charge in [-0.3, -0.25) is 0 Å². The van der Waals surface area contributed by atoms with Gasteiger partial charge in [-0.05, 0) is 121 Å². The van der Waals surface area contributed by atoms with E-state index in [9.17, 15) is 5.11 Å². The molecule has 5 saturated carbocycles. The Morgan fingerprint density at radius 2 is 1.50 bits per heavy atom. The fraction of sp³-hybridized carbons (Fsp3) is 0.931. The molecule has 0 saturated heterocycles. The second kappa shape index (κ2) is 6.18. The zero-order valence-electron chi connectivity index (χ0n) is 21.0. The Kier molecular flexibility index (Phi) is 4.44. The molecular formula is C29H48O. The van der Waals surface area contributed by atoms with Crippen LogP contribution in [0.3, 0.4) is 0 Å². The highest BCUT2D eigenvalue weighted by Crippen LogP contribution is 2.79. The van der Waals surface area contributed by atoms with E-state index in [2.05, 4.69) is 55.0 Å². The van der Waals surface area contributed by atoms with Crippen molar-refractivity contribution >= 4 is 0 Å². The lowest BCUT2D eigenvalue weighted by Crippen LogP contribution is -2.63. The fourth-order valence-corrected chi connectivity index (χ4v) is 11.6. The van der Waals surface area contributed by atoms with Crippen molar-refractivity contribution < 1.29 is 5.11 Å². The first-order chi connectivity index (χ1) is 13.8. The predicted octanol–water partition coefficient (Wildman–Crippen LogP) is 7.63. The van der Waals surface area contributed by atoms with Crippen molar-refractivity contribution in [2.75, 3.05) is 0 Å². The molecule has 5 aliphatic rings. The van der Waals surface area contributed by atoms with Crippen molar-refractivity contribution in [1.29, 1.82) is 0 Å². The third-order valence-corrected chi connectivity index (χ3v) is 13.0. The van der Waals surface area contributed by atoms with E-state index in [1.54, 1.807) is 0 Å². The first kappa shape index (κ1) is 21.5. The average molecular weight is 413 g/mol. The molecule has 0 bridgehead atoms. The van der Waals surface area contributed by atoms with Crippen LogP contribution in [0.1, 0.15) is 106 Å². The minimum atomic E-state index is -0.118. The van der Waals surface area contributed by atoms with Gasteiger partial charge < -0.3 is 5.11 Å². The van der Waals surface area contributed by atoms with Crippen molar-refractivity contribution in [3.8, 4) is 0 Å². The summed E-state index contributed by atoms with van der Waals surface area (Å²) >= 11 is 0. The number of hydrogen-bond donors (Lipinski definition) is 1. The van der Waals surface area contributed by atoms with Gasteiger partial charge in [-0.15, -0.1) is 0 Å². The van der Waals surface area contributed by atoms with E-state index in [1.165, 1.54) is 56.9 Å². The molecule has 0 aromatic rings. The lowest BCUT2D eigenvalue weighted by Gasteiger charge is -2.70. The van der Waals surface area contributed by atoms with Crippen LogP contribution in [0, 0.1) is 56.7 Å². The van der Waals surface area contributed by atoms with E-state index in [-0.39, 0.29) is 11.5 Å². The number of fused-ring (bicyclic) bond motifs is 7. The van der Waals surface area contributed by atoms with Crippen molar-refractivity contribution in [2.24, 2.45) is 56.7 Å². The highest BCUT2D eigenvalue weighted by atomic mass is 16.3. The normalized spacial score (nSPS) is 59.1. The summed E-state index contributed by atoms with van der Waals surface area (Å²) in [4.78, 5) is 0. The Morgan fingerprint density at radius 3 is 2.17 bits per heavy atom. The smallest absolute Gasteiger partial charge is 0.0594 e. The van der Waals surface area contributed by atoms with E-state index in [4.69, 9.17) is 0 Å². The minimum absolute atomic E-state index is 0.0648. The highest BCUT2D eigenvalue weighted by molar-refractivity contribution is 5.23. The molecule has 0 heterocycles. The lowest BCUT2D eigenvalue weighted by molar-refractivity contribution is -0.222. The summed E-state index contributed by atoms with van der Waals surface area (Å²) in [6.07, 6.45) is 11.9. The van der Waals surface area contributed by atoms with E-state index in [1.807, 2.05) is 0 Å². The zero-order valence-corrected chi connectivity index (χ0v) is 21.0. The molecule has 1 nitrogen and oxygen atoms in total. The summed E-state index contributed by atoms with van der Waals surface area (Å²) < 4.78 is 0. The van der Waals surface area contributed by atoms with E-state index in [0.717, 1.165) is 30.1 Å². The van der Waals surface area contributed by atoms with Gasteiger partial charge in [0.05, 0.1) is 6.10 Å². The third-order valence-electron chi connectivity index (χ3n) is 13.0. The molecule has 0 aromatic heterocycles. The summed E-state index contributed by atoms with van der Waals surface area (Å²) in [6, 6.07) is 0. The van der Waals surface area contributed by atoms with Gasteiger partial charge in [0.2, 0.25) is 0 Å². The van der Waals surface area contributed by atoms with Crippen molar-refractivity contribution in [3.63, 3.8) is 0 Å². The monoisotopic (exact) mass is 412 g/mol. The van der Waals surface area contributed by atoms with Crippen LogP contribution in [-0.4, -0.2) is 11.2 Å². The molecule has 0 radical (unpaired) electrons. The van der Waals surface area contributed by atoms with Gasteiger partial charge in [0.15, 0.2) is 0 Å². The fourth-order valence-electron chi connectivity index (χ4n) is 11.6. The second-order valence-electron chi connectivity index (χ2n) is 14.4. The molecule has 10 atom stereocenters. The molecule has 5 fully saturated rings. The number of aliphatic hydroxyl groups is 1. The number of allylic oxidation sites excluding steroid dienone is 1. The van der Waals surface area contributed by atoms with Crippen LogP contribution in [0.25, 0.3) is 0 Å². The minimum Gasteiger partial charge on any atom is -0.393 e. The Balaban J connectivity index is 1.55. The molecular weight excluding hydrogens is 364 g/mol. The summed E-state index contributed by atoms with van der Waals surface area (Å²) in [5.74, 6) is 4.01. The third kappa shape index (κ3) is 2.35. The molecule has 5 aliphatic carbocycles. The molecule has 1 N–H and O–H groups in total. The van der Waals surface area contributed by atoms with Gasteiger partial charge in [0.1, 0.15) is 0 Å². The molecule has 5 rings (SSSR count). The van der Waals surface area contributed by atoms with Crippen LogP contribution in [-0.2, 0) is 0 Å². The summed E-state index contributed by atoms with van der Waals surface area (Å²) in [5.41, 5.74) is 3.37. The SMILES string of the molecule is C=C(C)C1CCC2(C)CC3(C)C(CCC4C5(C)CCC(O)C(C)(C)C5CCC43C)C12. The number of rotatable bonds is 1. The summed E-state index contributed by atoms with van der Waals surface area (Å²) in [5, 5.41) is 10.9. The molecule has 0 spiro atoms. The predicted molar refractivity (Wildman–Crippen MR) is 126 cm³/mol. The summed E-state index contributed by atoms with van der Waals surface area (Å²) in [7, 11) is 0. The maximum absolute atomic E-state index is 10.9. The van der Waals surface area contributed by atoms with Crippen LogP contribution in [0.4, 0.5) is 0 Å². The molecule has 0 aliphatic heterocycles. The maximum Gasteiger partial charge on any atom is 0.0594 e. The van der Waals surface area contributed by atoms with Gasteiger partial charge in [-0.1, -0.05) is 53.7 Å². The zero-order chi connectivity index (χ0) is 21.9. The topological polar surface area (TPSA) is 20.2 Å². The van der Waals surface area contributed by atoms with Gasteiger partial charge >= 0.3 is 0 Å². The average Bonchev–Trinajstić information content (AvgIpc) is 3.08. The van der Waals surface area contributed by atoms with Crippen LogP contribution in [0.2, 0.25) is 0 Å².